The number of nitrogens with one attached hydrogen (secondary N) is 1. The lowest BCUT2D eigenvalue weighted by Crippen LogP contribution is -2.52. The Labute approximate surface area is 140 Å². The molecule has 0 atom stereocenters. The number of rotatable bonds is 5. The Hall–Kier alpha value is -1.91. The summed E-state index contributed by atoms with van der Waals surface area (Å²) in [5.41, 5.74) is 5.06. The zero-order chi connectivity index (χ0) is 17.0. The number of thiocarbonyl (C=S) groups is 1. The van der Waals surface area contributed by atoms with Crippen LogP contribution in [-0.2, 0) is 10.0 Å². The standard InChI is InChI=1S/C13H18N4O4S2/c1-2-5-15-13(22)16-6-8-17(9-7-16)23(19,20)11-4-3-10(21-11)12(14)18/h2-4H,1,5-9H2,(H2,14,18)(H,15,22). The molecule has 0 aliphatic carbocycles. The van der Waals surface area contributed by atoms with Crippen molar-refractivity contribution in [3.8, 4) is 0 Å². The van der Waals surface area contributed by atoms with Crippen LogP contribution in [0.2, 0.25) is 0 Å². The smallest absolute Gasteiger partial charge is 0.284 e. The quantitative estimate of drug-likeness (QED) is 0.551. The predicted octanol–water partition coefficient (Wildman–Crippen LogP) is -0.255. The highest BCUT2D eigenvalue weighted by Gasteiger charge is 2.31. The summed E-state index contributed by atoms with van der Waals surface area (Å²) in [6.45, 7) is 5.62. The maximum atomic E-state index is 12.5. The summed E-state index contributed by atoms with van der Waals surface area (Å²) >= 11 is 5.23. The molecule has 1 aliphatic heterocycles. The third kappa shape index (κ3) is 3.89. The van der Waals surface area contributed by atoms with Gasteiger partial charge in [0.1, 0.15) is 0 Å². The Bertz CT molecular complexity index is 705. The molecule has 2 rings (SSSR count). The van der Waals surface area contributed by atoms with Gasteiger partial charge in [-0.2, -0.15) is 4.31 Å². The van der Waals surface area contributed by atoms with E-state index in [1.54, 1.807) is 6.08 Å². The molecule has 0 radical (unpaired) electrons. The monoisotopic (exact) mass is 358 g/mol. The maximum absolute atomic E-state index is 12.5. The second-order valence-corrected chi connectivity index (χ2v) is 7.10. The van der Waals surface area contributed by atoms with E-state index >= 15 is 0 Å². The molecule has 10 heteroatoms. The van der Waals surface area contributed by atoms with E-state index in [2.05, 4.69) is 11.9 Å². The highest BCUT2D eigenvalue weighted by molar-refractivity contribution is 7.89. The molecule has 0 saturated carbocycles. The molecule has 0 unspecified atom stereocenters. The molecule has 3 N–H and O–H groups in total. The molecular weight excluding hydrogens is 340 g/mol. The van der Waals surface area contributed by atoms with E-state index in [0.29, 0.717) is 24.7 Å². The first-order valence-electron chi connectivity index (χ1n) is 6.89. The molecule has 1 fully saturated rings. The lowest BCUT2D eigenvalue weighted by atomic mass is 10.4. The number of nitrogens with zero attached hydrogens (tertiary/aromatic N) is 2. The van der Waals surface area contributed by atoms with Gasteiger partial charge >= 0.3 is 0 Å². The topological polar surface area (TPSA) is 109 Å². The van der Waals surface area contributed by atoms with Crippen LogP contribution in [0.1, 0.15) is 10.6 Å². The highest BCUT2D eigenvalue weighted by atomic mass is 32.2. The summed E-state index contributed by atoms with van der Waals surface area (Å²) in [5, 5.41) is 3.29. The number of sulfonamides is 1. The Morgan fingerprint density at radius 3 is 2.57 bits per heavy atom. The Morgan fingerprint density at radius 2 is 2.04 bits per heavy atom. The molecule has 1 aromatic heterocycles. The normalized spacial score (nSPS) is 16.1. The van der Waals surface area contributed by atoms with Crippen LogP contribution >= 0.6 is 12.2 Å². The number of hydrogen-bond donors (Lipinski definition) is 2. The van der Waals surface area contributed by atoms with Gasteiger partial charge in [0.05, 0.1) is 0 Å². The summed E-state index contributed by atoms with van der Waals surface area (Å²) in [5.74, 6) is -0.994. The van der Waals surface area contributed by atoms with Gasteiger partial charge in [-0.05, 0) is 24.4 Å². The van der Waals surface area contributed by atoms with Crippen molar-refractivity contribution >= 4 is 33.3 Å². The first-order valence-corrected chi connectivity index (χ1v) is 8.74. The molecule has 1 saturated heterocycles. The van der Waals surface area contributed by atoms with Crippen molar-refractivity contribution in [2.75, 3.05) is 32.7 Å². The van der Waals surface area contributed by atoms with Crippen LogP contribution < -0.4 is 11.1 Å². The van der Waals surface area contributed by atoms with Gasteiger partial charge in [-0.1, -0.05) is 6.08 Å². The molecule has 1 amide bonds. The van der Waals surface area contributed by atoms with Crippen LogP contribution in [0.3, 0.4) is 0 Å². The molecule has 1 aromatic rings. The van der Waals surface area contributed by atoms with Gasteiger partial charge in [0.25, 0.3) is 15.9 Å². The van der Waals surface area contributed by atoms with Crippen LogP contribution in [0.4, 0.5) is 0 Å². The van der Waals surface area contributed by atoms with E-state index in [1.807, 2.05) is 4.90 Å². The summed E-state index contributed by atoms with van der Waals surface area (Å²) in [7, 11) is -3.79. The average Bonchev–Trinajstić information content (AvgIpc) is 3.03. The van der Waals surface area contributed by atoms with Crippen LogP contribution in [0, 0.1) is 0 Å². The fourth-order valence-electron chi connectivity index (χ4n) is 2.12. The molecule has 23 heavy (non-hydrogen) atoms. The van der Waals surface area contributed by atoms with Gasteiger partial charge in [-0.25, -0.2) is 8.42 Å². The van der Waals surface area contributed by atoms with Gasteiger partial charge in [0.15, 0.2) is 10.9 Å². The van der Waals surface area contributed by atoms with Crippen molar-refractivity contribution in [1.82, 2.24) is 14.5 Å². The summed E-state index contributed by atoms with van der Waals surface area (Å²) in [4.78, 5) is 12.9. The van der Waals surface area contributed by atoms with Crippen molar-refractivity contribution in [3.63, 3.8) is 0 Å². The third-order valence-electron chi connectivity index (χ3n) is 3.34. The SMILES string of the molecule is C=CCNC(=S)N1CCN(S(=O)(=O)c2ccc(C(N)=O)o2)CC1. The minimum atomic E-state index is -3.79. The van der Waals surface area contributed by atoms with E-state index in [4.69, 9.17) is 22.4 Å². The molecule has 2 heterocycles. The highest BCUT2D eigenvalue weighted by Crippen LogP contribution is 2.20. The number of piperazine rings is 1. The average molecular weight is 358 g/mol. The van der Waals surface area contributed by atoms with E-state index < -0.39 is 15.9 Å². The van der Waals surface area contributed by atoms with Gasteiger partial charge in [0.2, 0.25) is 5.09 Å². The number of carbonyl (C=O) groups is 1. The second kappa shape index (κ2) is 7.11. The number of hydrogen-bond acceptors (Lipinski definition) is 5. The maximum Gasteiger partial charge on any atom is 0.284 e. The van der Waals surface area contributed by atoms with Gasteiger partial charge in [-0.3, -0.25) is 4.79 Å². The Kier molecular flexibility index (Phi) is 5.39. The van der Waals surface area contributed by atoms with Crippen molar-refractivity contribution in [3.05, 3.63) is 30.5 Å². The molecule has 0 aromatic carbocycles. The van der Waals surface area contributed by atoms with E-state index in [1.165, 1.54) is 16.4 Å². The van der Waals surface area contributed by atoms with Crippen molar-refractivity contribution < 1.29 is 17.6 Å². The first kappa shape index (κ1) is 17.4. The number of primary amides is 1. The fourth-order valence-corrected chi connectivity index (χ4v) is 3.72. The van der Waals surface area contributed by atoms with Gasteiger partial charge < -0.3 is 20.4 Å². The largest absolute Gasteiger partial charge is 0.438 e. The third-order valence-corrected chi connectivity index (χ3v) is 5.52. The lowest BCUT2D eigenvalue weighted by molar-refractivity contribution is 0.0968. The van der Waals surface area contributed by atoms with E-state index in [-0.39, 0.29) is 23.9 Å². The van der Waals surface area contributed by atoms with Crippen molar-refractivity contribution in [2.24, 2.45) is 5.73 Å². The number of carbonyl (C=O) groups excluding carboxylic acids is 1. The van der Waals surface area contributed by atoms with Gasteiger partial charge in [0, 0.05) is 32.7 Å². The molecule has 0 spiro atoms. The van der Waals surface area contributed by atoms with Crippen LogP contribution in [0.5, 0.6) is 0 Å². The number of nitrogens with two attached hydrogens (primary N) is 1. The fraction of sp³-hybridized carbons (Fsp3) is 0.385. The number of furan rings is 1. The summed E-state index contributed by atoms with van der Waals surface area (Å²) < 4.78 is 31.3. The van der Waals surface area contributed by atoms with Gasteiger partial charge in [-0.15, -0.1) is 6.58 Å². The lowest BCUT2D eigenvalue weighted by Gasteiger charge is -2.34. The van der Waals surface area contributed by atoms with Crippen LogP contribution in [0.25, 0.3) is 0 Å². The molecule has 126 valence electrons. The molecule has 0 bridgehead atoms. The molecule has 8 nitrogen and oxygen atoms in total. The zero-order valence-electron chi connectivity index (χ0n) is 12.4. The van der Waals surface area contributed by atoms with Crippen LogP contribution in [0.15, 0.2) is 34.3 Å². The minimum absolute atomic E-state index is 0.183. The second-order valence-electron chi connectivity index (χ2n) is 4.85. The first-order chi connectivity index (χ1) is 10.9. The molecular formula is C13H18N4O4S2. The summed E-state index contributed by atoms with van der Waals surface area (Å²) in [6.07, 6.45) is 1.69. The number of amides is 1. The van der Waals surface area contributed by atoms with E-state index in [0.717, 1.165) is 0 Å². The van der Waals surface area contributed by atoms with Crippen LogP contribution in [-0.4, -0.2) is 61.4 Å². The zero-order valence-corrected chi connectivity index (χ0v) is 14.0. The minimum Gasteiger partial charge on any atom is -0.438 e. The van der Waals surface area contributed by atoms with Crippen molar-refractivity contribution in [1.29, 1.82) is 0 Å². The van der Waals surface area contributed by atoms with E-state index in [9.17, 15) is 13.2 Å². The summed E-state index contributed by atoms with van der Waals surface area (Å²) in [6, 6.07) is 2.48. The Morgan fingerprint density at radius 1 is 1.39 bits per heavy atom. The predicted molar refractivity (Wildman–Crippen MR) is 88.4 cm³/mol. The Balaban J connectivity index is 2.02. The van der Waals surface area contributed by atoms with Crippen molar-refractivity contribution in [2.45, 2.75) is 5.09 Å². The molecule has 1 aliphatic rings.